The number of ether oxygens (including phenoxy) is 2. The molecule has 1 amide bonds. The monoisotopic (exact) mass is 327 g/mol. The van der Waals surface area contributed by atoms with Gasteiger partial charge in [-0.15, -0.1) is 11.8 Å². The van der Waals surface area contributed by atoms with Gasteiger partial charge in [-0.2, -0.15) is 0 Å². The summed E-state index contributed by atoms with van der Waals surface area (Å²) < 4.78 is 10.7. The predicted octanol–water partition coefficient (Wildman–Crippen LogP) is 2.70. The Morgan fingerprint density at radius 1 is 1.43 bits per heavy atom. The molecule has 0 aromatic heterocycles. The van der Waals surface area contributed by atoms with Gasteiger partial charge in [-0.05, 0) is 24.6 Å². The van der Waals surface area contributed by atoms with E-state index in [2.05, 4.69) is 0 Å². The van der Waals surface area contributed by atoms with Crippen molar-refractivity contribution >= 4 is 29.3 Å². The zero-order valence-corrected chi connectivity index (χ0v) is 13.7. The van der Waals surface area contributed by atoms with Crippen molar-refractivity contribution in [1.29, 1.82) is 0 Å². The third-order valence-electron chi connectivity index (χ3n) is 4.15. The molecule has 2 saturated heterocycles. The zero-order valence-electron chi connectivity index (χ0n) is 12.1. The first-order chi connectivity index (χ1) is 10.1. The Morgan fingerprint density at radius 2 is 2.19 bits per heavy atom. The number of amides is 1. The molecule has 0 unspecified atom stereocenters. The number of halogens is 1. The number of carbonyl (C=O) groups excluding carboxylic acids is 1. The van der Waals surface area contributed by atoms with Crippen LogP contribution >= 0.6 is 23.4 Å². The zero-order chi connectivity index (χ0) is 15.0. The van der Waals surface area contributed by atoms with Crippen LogP contribution in [0.2, 0.25) is 5.02 Å². The highest BCUT2D eigenvalue weighted by molar-refractivity contribution is 8.01. The third kappa shape index (κ3) is 2.74. The van der Waals surface area contributed by atoms with Crippen LogP contribution in [0.1, 0.15) is 16.8 Å². The van der Waals surface area contributed by atoms with Gasteiger partial charge in [-0.3, -0.25) is 4.79 Å². The van der Waals surface area contributed by atoms with Gasteiger partial charge in [-0.25, -0.2) is 0 Å². The van der Waals surface area contributed by atoms with Gasteiger partial charge in [0.15, 0.2) is 0 Å². The minimum absolute atomic E-state index is 0.0339. The highest BCUT2D eigenvalue weighted by Gasteiger charge is 2.50. The van der Waals surface area contributed by atoms with Crippen LogP contribution in [0.25, 0.3) is 0 Å². The second-order valence-corrected chi connectivity index (χ2v) is 7.46. The number of hydrogen-bond acceptors (Lipinski definition) is 4. The van der Waals surface area contributed by atoms with Gasteiger partial charge in [0, 0.05) is 31.5 Å². The maximum Gasteiger partial charge on any atom is 0.254 e. The second kappa shape index (κ2) is 5.71. The molecule has 2 aliphatic rings. The Balaban J connectivity index is 1.64. The van der Waals surface area contributed by atoms with Crippen molar-refractivity contribution in [3.8, 4) is 5.75 Å². The van der Waals surface area contributed by atoms with E-state index in [1.54, 1.807) is 32.4 Å². The van der Waals surface area contributed by atoms with E-state index in [-0.39, 0.29) is 10.7 Å². The van der Waals surface area contributed by atoms with E-state index >= 15 is 0 Å². The Hall–Kier alpha value is -0.910. The fourth-order valence-corrected chi connectivity index (χ4v) is 4.80. The van der Waals surface area contributed by atoms with E-state index in [0.29, 0.717) is 22.4 Å². The first-order valence-electron chi connectivity index (χ1n) is 6.86. The summed E-state index contributed by atoms with van der Waals surface area (Å²) in [6.45, 7) is 1.58. The van der Waals surface area contributed by atoms with E-state index in [0.717, 1.165) is 25.3 Å². The lowest BCUT2D eigenvalue weighted by Gasteiger charge is -2.47. The van der Waals surface area contributed by atoms with Gasteiger partial charge >= 0.3 is 0 Å². The lowest BCUT2D eigenvalue weighted by Crippen LogP contribution is -2.60. The maximum atomic E-state index is 12.5. The number of rotatable bonds is 3. The molecule has 0 aliphatic carbocycles. The maximum absolute atomic E-state index is 12.5. The van der Waals surface area contributed by atoms with E-state index in [9.17, 15) is 4.79 Å². The molecule has 4 nitrogen and oxygen atoms in total. The number of carbonyl (C=O) groups is 1. The molecule has 0 bridgehead atoms. The number of likely N-dealkylation sites (tertiary alicyclic amines) is 1. The molecule has 0 radical (unpaired) electrons. The fraction of sp³-hybridized carbons (Fsp3) is 0.533. The van der Waals surface area contributed by atoms with Crippen LogP contribution in [0.15, 0.2) is 18.2 Å². The molecular formula is C15H18ClNO3S. The largest absolute Gasteiger partial charge is 0.495 e. The molecule has 1 aromatic rings. The standard InChI is InChI=1S/C15H18ClNO3S/c1-19-11-6-15(21-7-11)8-17(9-15)14(18)10-3-4-13(20-2)12(16)5-10/h3-5,11H,6-9H2,1-2H3/t11-/m1/s1. The molecule has 3 rings (SSSR count). The van der Waals surface area contributed by atoms with Gasteiger partial charge in [0.1, 0.15) is 5.75 Å². The molecule has 1 spiro atoms. The quantitative estimate of drug-likeness (QED) is 0.855. The summed E-state index contributed by atoms with van der Waals surface area (Å²) in [4.78, 5) is 14.3. The summed E-state index contributed by atoms with van der Waals surface area (Å²) in [6.07, 6.45) is 1.35. The van der Waals surface area contributed by atoms with Crippen molar-refractivity contribution < 1.29 is 14.3 Å². The van der Waals surface area contributed by atoms with Crippen LogP contribution in [0.4, 0.5) is 0 Å². The van der Waals surface area contributed by atoms with Gasteiger partial charge in [-0.1, -0.05) is 11.6 Å². The molecule has 2 aliphatic heterocycles. The van der Waals surface area contributed by atoms with Crippen molar-refractivity contribution in [2.24, 2.45) is 0 Å². The highest BCUT2D eigenvalue weighted by atomic mass is 35.5. The first-order valence-corrected chi connectivity index (χ1v) is 8.23. The van der Waals surface area contributed by atoms with E-state index in [1.165, 1.54) is 0 Å². The Labute approximate surface area is 133 Å². The predicted molar refractivity (Wildman–Crippen MR) is 84.5 cm³/mol. The van der Waals surface area contributed by atoms with Crippen molar-refractivity contribution in [3.63, 3.8) is 0 Å². The first kappa shape index (κ1) is 15.0. The van der Waals surface area contributed by atoms with Crippen LogP contribution in [-0.4, -0.2) is 54.7 Å². The second-order valence-electron chi connectivity index (χ2n) is 5.57. The molecule has 0 N–H and O–H groups in total. The number of benzene rings is 1. The van der Waals surface area contributed by atoms with E-state index in [1.807, 2.05) is 16.7 Å². The van der Waals surface area contributed by atoms with Crippen molar-refractivity contribution in [2.75, 3.05) is 33.1 Å². The molecule has 2 fully saturated rings. The van der Waals surface area contributed by atoms with Gasteiger partial charge in [0.05, 0.1) is 23.0 Å². The van der Waals surface area contributed by atoms with Gasteiger partial charge in [0.25, 0.3) is 5.91 Å². The van der Waals surface area contributed by atoms with Gasteiger partial charge in [0.2, 0.25) is 0 Å². The minimum Gasteiger partial charge on any atom is -0.495 e. The van der Waals surface area contributed by atoms with Gasteiger partial charge < -0.3 is 14.4 Å². The van der Waals surface area contributed by atoms with Crippen LogP contribution in [0, 0.1) is 0 Å². The van der Waals surface area contributed by atoms with Crippen LogP contribution in [0.5, 0.6) is 5.75 Å². The third-order valence-corrected chi connectivity index (χ3v) is 6.02. The normalized spacial score (nSPS) is 23.2. The SMILES string of the molecule is COc1ccc(C(=O)N2CC3(C[C@@H](OC)CS3)C2)cc1Cl. The van der Waals surface area contributed by atoms with Crippen molar-refractivity contribution in [1.82, 2.24) is 4.90 Å². The summed E-state index contributed by atoms with van der Waals surface area (Å²) in [5, 5.41) is 0.466. The van der Waals surface area contributed by atoms with E-state index in [4.69, 9.17) is 21.1 Å². The number of hydrogen-bond donors (Lipinski definition) is 0. The summed E-state index contributed by atoms with van der Waals surface area (Å²) >= 11 is 8.01. The molecule has 0 saturated carbocycles. The molecule has 1 atom stereocenters. The molecule has 6 heteroatoms. The van der Waals surface area contributed by atoms with Crippen LogP contribution in [-0.2, 0) is 4.74 Å². The highest BCUT2D eigenvalue weighted by Crippen LogP contribution is 2.46. The van der Waals surface area contributed by atoms with Crippen LogP contribution < -0.4 is 4.74 Å². The number of methoxy groups -OCH3 is 2. The molecule has 2 heterocycles. The summed E-state index contributed by atoms with van der Waals surface area (Å²) in [7, 11) is 3.32. The summed E-state index contributed by atoms with van der Waals surface area (Å²) in [5.41, 5.74) is 0.613. The Morgan fingerprint density at radius 3 is 2.76 bits per heavy atom. The number of nitrogens with zero attached hydrogens (tertiary/aromatic N) is 1. The summed E-state index contributed by atoms with van der Waals surface area (Å²) in [6, 6.07) is 5.17. The van der Waals surface area contributed by atoms with Crippen molar-refractivity contribution in [2.45, 2.75) is 17.3 Å². The molecule has 21 heavy (non-hydrogen) atoms. The Bertz CT molecular complexity index is 560. The fourth-order valence-electron chi connectivity index (χ4n) is 2.95. The average molecular weight is 328 g/mol. The number of thioether (sulfide) groups is 1. The minimum atomic E-state index is 0.0339. The van der Waals surface area contributed by atoms with Crippen molar-refractivity contribution in [3.05, 3.63) is 28.8 Å². The van der Waals surface area contributed by atoms with Crippen LogP contribution in [0.3, 0.4) is 0 Å². The summed E-state index contributed by atoms with van der Waals surface area (Å²) in [5.74, 6) is 1.64. The average Bonchev–Trinajstić information content (AvgIpc) is 2.89. The molecule has 1 aromatic carbocycles. The topological polar surface area (TPSA) is 38.8 Å². The molecule has 114 valence electrons. The lowest BCUT2D eigenvalue weighted by molar-refractivity contribution is 0.0452. The van der Waals surface area contributed by atoms with E-state index < -0.39 is 0 Å². The smallest absolute Gasteiger partial charge is 0.254 e. The lowest BCUT2D eigenvalue weighted by atomic mass is 9.92. The molecular weight excluding hydrogens is 310 g/mol. The Kier molecular flexibility index (Phi) is 4.08.